The van der Waals surface area contributed by atoms with E-state index in [1.165, 1.54) is 6.08 Å². The summed E-state index contributed by atoms with van der Waals surface area (Å²) in [6.07, 6.45) is 10.4. The van der Waals surface area contributed by atoms with Crippen molar-refractivity contribution in [2.75, 3.05) is 0 Å². The number of thiophene rings is 1. The molecule has 0 N–H and O–H groups in total. The van der Waals surface area contributed by atoms with Gasteiger partial charge in [-0.05, 0) is 48.1 Å². The highest BCUT2D eigenvalue weighted by Crippen LogP contribution is 2.33. The third-order valence-electron chi connectivity index (χ3n) is 4.23. The minimum Gasteiger partial charge on any atom is -0.456 e. The highest BCUT2D eigenvalue weighted by atomic mass is 32.1. The summed E-state index contributed by atoms with van der Waals surface area (Å²) in [4.78, 5) is 12.7. The van der Waals surface area contributed by atoms with Crippen LogP contribution in [0.1, 0.15) is 20.9 Å². The summed E-state index contributed by atoms with van der Waals surface area (Å²) in [6.45, 7) is 0. The Labute approximate surface area is 168 Å². The van der Waals surface area contributed by atoms with Crippen LogP contribution >= 0.6 is 11.3 Å². The van der Waals surface area contributed by atoms with Gasteiger partial charge in [-0.25, -0.2) is 0 Å². The van der Waals surface area contributed by atoms with Crippen molar-refractivity contribution in [2.45, 2.75) is 0 Å². The van der Waals surface area contributed by atoms with Gasteiger partial charge < -0.3 is 4.74 Å². The quantitative estimate of drug-likeness (QED) is 0.374. The molecule has 0 amide bonds. The van der Waals surface area contributed by atoms with Gasteiger partial charge in [0.1, 0.15) is 17.8 Å². The topological polar surface area (TPSA) is 26.3 Å². The van der Waals surface area contributed by atoms with Crippen LogP contribution in [0.25, 0.3) is 23.7 Å². The number of carbonyl (C=O) groups is 1. The third-order valence-corrected chi connectivity index (χ3v) is 5.23. The second-order valence-electron chi connectivity index (χ2n) is 6.23. The molecule has 136 valence electrons. The van der Waals surface area contributed by atoms with Gasteiger partial charge >= 0.3 is 0 Å². The molecule has 0 saturated heterocycles. The van der Waals surface area contributed by atoms with Crippen molar-refractivity contribution in [1.29, 1.82) is 0 Å². The van der Waals surface area contributed by atoms with Crippen LogP contribution in [0.2, 0.25) is 0 Å². The summed E-state index contributed by atoms with van der Waals surface area (Å²) in [5.74, 6) is 1.65. The molecule has 0 atom stereocenters. The van der Waals surface area contributed by atoms with Crippen molar-refractivity contribution in [1.82, 2.24) is 0 Å². The fourth-order valence-corrected chi connectivity index (χ4v) is 3.81. The molecule has 3 aromatic rings. The highest BCUT2D eigenvalue weighted by Gasteiger charge is 2.15. The number of aldehydes is 1. The molecule has 2 nitrogen and oxygen atoms in total. The monoisotopic (exact) mass is 382 g/mol. The Bertz CT molecular complexity index is 1030. The lowest BCUT2D eigenvalue weighted by molar-refractivity contribution is -0.104. The van der Waals surface area contributed by atoms with Crippen molar-refractivity contribution < 1.29 is 9.53 Å². The smallest absolute Gasteiger partial charge is 0.142 e. The van der Waals surface area contributed by atoms with E-state index in [1.54, 1.807) is 11.3 Å². The zero-order valence-corrected chi connectivity index (χ0v) is 15.9. The van der Waals surface area contributed by atoms with Gasteiger partial charge in [0.15, 0.2) is 0 Å². The van der Waals surface area contributed by atoms with Crippen LogP contribution in [0.15, 0.2) is 96.6 Å². The van der Waals surface area contributed by atoms with Crippen LogP contribution in [-0.4, -0.2) is 6.29 Å². The highest BCUT2D eigenvalue weighted by molar-refractivity contribution is 7.13. The van der Waals surface area contributed by atoms with Gasteiger partial charge in [0.2, 0.25) is 0 Å². The summed E-state index contributed by atoms with van der Waals surface area (Å²) >= 11 is 1.64. The Hall–Kier alpha value is -3.43. The first-order chi connectivity index (χ1) is 13.8. The molecule has 1 aromatic heterocycles. The normalized spacial score (nSPS) is 13.6. The zero-order chi connectivity index (χ0) is 19.2. The van der Waals surface area contributed by atoms with Gasteiger partial charge in [-0.15, -0.1) is 11.3 Å². The maximum absolute atomic E-state index is 10.5. The first-order valence-electron chi connectivity index (χ1n) is 8.97. The molecule has 0 unspecified atom stereocenters. The van der Waals surface area contributed by atoms with Gasteiger partial charge in [0.05, 0.1) is 0 Å². The molecule has 0 radical (unpaired) electrons. The summed E-state index contributed by atoms with van der Waals surface area (Å²) in [6, 6.07) is 24.3. The van der Waals surface area contributed by atoms with E-state index in [9.17, 15) is 4.79 Å². The first-order valence-corrected chi connectivity index (χ1v) is 9.79. The summed E-state index contributed by atoms with van der Waals surface area (Å²) < 4.78 is 6.22. The van der Waals surface area contributed by atoms with Gasteiger partial charge in [0.25, 0.3) is 0 Å². The van der Waals surface area contributed by atoms with Gasteiger partial charge in [0, 0.05) is 20.9 Å². The Morgan fingerprint density at radius 3 is 1.86 bits per heavy atom. The van der Waals surface area contributed by atoms with Crippen LogP contribution < -0.4 is 0 Å². The maximum Gasteiger partial charge on any atom is 0.142 e. The molecular weight excluding hydrogens is 364 g/mol. The van der Waals surface area contributed by atoms with Crippen LogP contribution in [-0.2, 0) is 9.53 Å². The number of hydrogen-bond acceptors (Lipinski definition) is 3. The zero-order valence-electron chi connectivity index (χ0n) is 15.1. The van der Waals surface area contributed by atoms with Crippen LogP contribution in [0.5, 0.6) is 0 Å². The maximum atomic E-state index is 10.5. The molecule has 0 bridgehead atoms. The number of rotatable bonds is 5. The molecule has 0 saturated carbocycles. The molecular formula is C25H18O2S. The van der Waals surface area contributed by atoms with E-state index in [2.05, 4.69) is 24.3 Å². The van der Waals surface area contributed by atoms with E-state index in [-0.39, 0.29) is 0 Å². The van der Waals surface area contributed by atoms with Crippen LogP contribution in [0.3, 0.4) is 0 Å². The molecule has 1 aliphatic rings. The Balaban J connectivity index is 1.73. The minimum absolute atomic E-state index is 0.792. The van der Waals surface area contributed by atoms with Crippen molar-refractivity contribution in [3.05, 3.63) is 117 Å². The summed E-state index contributed by atoms with van der Waals surface area (Å²) in [5.41, 5.74) is 3.14. The molecule has 4 rings (SSSR count). The van der Waals surface area contributed by atoms with E-state index in [0.29, 0.717) is 0 Å². The SMILES string of the molecule is O=C/C=C/c1ccc(C=C2C=C(c3ccccc3)OC(c3ccccc3)=C2)s1. The summed E-state index contributed by atoms with van der Waals surface area (Å²) in [5, 5.41) is 0. The molecule has 2 heterocycles. The van der Waals surface area contributed by atoms with Crippen molar-refractivity contribution in [3.8, 4) is 0 Å². The second kappa shape index (κ2) is 8.51. The average Bonchev–Trinajstić information content (AvgIpc) is 3.20. The van der Waals surface area contributed by atoms with Gasteiger partial charge in [-0.2, -0.15) is 0 Å². The molecule has 0 spiro atoms. The lowest BCUT2D eigenvalue weighted by Gasteiger charge is -2.19. The predicted molar refractivity (Wildman–Crippen MR) is 117 cm³/mol. The predicted octanol–water partition coefficient (Wildman–Crippen LogP) is 6.46. The Kier molecular flexibility index (Phi) is 5.46. The fraction of sp³-hybridized carbons (Fsp3) is 0. The second-order valence-corrected chi connectivity index (χ2v) is 7.38. The number of hydrogen-bond donors (Lipinski definition) is 0. The van der Waals surface area contributed by atoms with Crippen molar-refractivity contribution in [2.24, 2.45) is 0 Å². The van der Waals surface area contributed by atoms with E-state index >= 15 is 0 Å². The molecule has 2 aromatic carbocycles. The fourth-order valence-electron chi connectivity index (χ4n) is 2.93. The van der Waals surface area contributed by atoms with E-state index in [4.69, 9.17) is 4.74 Å². The first kappa shape index (κ1) is 18.0. The number of allylic oxidation sites excluding steroid dienone is 4. The molecule has 0 aliphatic carbocycles. The number of carbonyl (C=O) groups excluding carboxylic acids is 1. The lowest BCUT2D eigenvalue weighted by Crippen LogP contribution is -1.99. The van der Waals surface area contributed by atoms with E-state index in [0.717, 1.165) is 44.3 Å². The summed E-state index contributed by atoms with van der Waals surface area (Å²) in [7, 11) is 0. The molecule has 1 aliphatic heterocycles. The standard InChI is InChI=1S/C25H18O2S/c26-15-7-12-22-13-14-23(28-22)16-19-17-24(20-8-3-1-4-9-20)27-25(18-19)21-10-5-2-6-11-21/h1-18H/b12-7+. The van der Waals surface area contributed by atoms with Crippen molar-refractivity contribution >= 4 is 41.3 Å². The molecule has 0 fully saturated rings. The van der Waals surface area contributed by atoms with Crippen LogP contribution in [0.4, 0.5) is 0 Å². The molecule has 3 heteroatoms. The largest absolute Gasteiger partial charge is 0.456 e. The Morgan fingerprint density at radius 2 is 1.29 bits per heavy atom. The minimum atomic E-state index is 0.792. The van der Waals surface area contributed by atoms with E-state index < -0.39 is 0 Å². The van der Waals surface area contributed by atoms with Gasteiger partial charge in [-0.1, -0.05) is 60.7 Å². The molecule has 28 heavy (non-hydrogen) atoms. The third kappa shape index (κ3) is 4.27. The average molecular weight is 382 g/mol. The lowest BCUT2D eigenvalue weighted by atomic mass is 10.0. The van der Waals surface area contributed by atoms with Crippen molar-refractivity contribution in [3.63, 3.8) is 0 Å². The van der Waals surface area contributed by atoms with Gasteiger partial charge in [-0.3, -0.25) is 4.79 Å². The number of ether oxygens (including phenoxy) is 1. The number of benzene rings is 2. The van der Waals surface area contributed by atoms with E-state index in [1.807, 2.05) is 72.8 Å². The Morgan fingerprint density at radius 1 is 0.714 bits per heavy atom. The van der Waals surface area contributed by atoms with Crippen LogP contribution in [0, 0.1) is 0 Å².